The third-order valence-electron chi connectivity index (χ3n) is 5.25. The number of fused-ring (bicyclic) bond motifs is 1. The summed E-state index contributed by atoms with van der Waals surface area (Å²) in [5.41, 5.74) is 10.0. The van der Waals surface area contributed by atoms with E-state index in [1.807, 2.05) is 6.20 Å². The first-order valence-corrected chi connectivity index (χ1v) is 8.50. The van der Waals surface area contributed by atoms with Gasteiger partial charge in [-0.3, -0.25) is 4.98 Å². The highest BCUT2D eigenvalue weighted by atomic mass is 14.7. The Hall–Kier alpha value is -2.15. The number of hydrogen-bond donors (Lipinski definition) is 0. The van der Waals surface area contributed by atoms with E-state index < -0.39 is 0 Å². The van der Waals surface area contributed by atoms with Crippen molar-refractivity contribution in [2.24, 2.45) is 5.41 Å². The second-order valence-corrected chi connectivity index (χ2v) is 7.50. The number of benzene rings is 1. The smallest absolute Gasteiger partial charge is 0.0707 e. The monoisotopic (exact) mass is 301 g/mol. The van der Waals surface area contributed by atoms with E-state index in [-0.39, 0.29) is 5.41 Å². The van der Waals surface area contributed by atoms with Crippen LogP contribution >= 0.6 is 0 Å². The van der Waals surface area contributed by atoms with Crippen LogP contribution < -0.4 is 0 Å². The van der Waals surface area contributed by atoms with Gasteiger partial charge in [0, 0.05) is 11.8 Å². The van der Waals surface area contributed by atoms with Crippen molar-refractivity contribution in [1.82, 2.24) is 4.98 Å². The molecule has 2 aliphatic carbocycles. The van der Waals surface area contributed by atoms with Gasteiger partial charge in [-0.05, 0) is 77.6 Å². The van der Waals surface area contributed by atoms with Crippen molar-refractivity contribution in [3.8, 4) is 0 Å². The van der Waals surface area contributed by atoms with Crippen LogP contribution in [0.3, 0.4) is 0 Å². The summed E-state index contributed by atoms with van der Waals surface area (Å²) in [4.78, 5) is 4.60. The van der Waals surface area contributed by atoms with Crippen LogP contribution in [0.25, 0.3) is 5.57 Å². The second-order valence-electron chi connectivity index (χ2n) is 7.50. The van der Waals surface area contributed by atoms with Gasteiger partial charge in [0.1, 0.15) is 0 Å². The van der Waals surface area contributed by atoms with E-state index in [2.05, 4.69) is 68.2 Å². The summed E-state index contributed by atoms with van der Waals surface area (Å²) in [6.07, 6.45) is 7.68. The third kappa shape index (κ3) is 2.45. The van der Waals surface area contributed by atoms with Crippen molar-refractivity contribution in [1.29, 1.82) is 0 Å². The molecule has 0 atom stereocenters. The van der Waals surface area contributed by atoms with Gasteiger partial charge in [0.05, 0.1) is 5.69 Å². The molecule has 0 fully saturated rings. The van der Waals surface area contributed by atoms with Gasteiger partial charge in [0.15, 0.2) is 0 Å². The van der Waals surface area contributed by atoms with Crippen LogP contribution in [-0.4, -0.2) is 4.98 Å². The van der Waals surface area contributed by atoms with Crippen LogP contribution in [0.4, 0.5) is 0 Å². The van der Waals surface area contributed by atoms with Crippen LogP contribution in [-0.2, 0) is 12.8 Å². The zero-order chi connectivity index (χ0) is 16.0. The minimum atomic E-state index is 0.194. The van der Waals surface area contributed by atoms with E-state index in [4.69, 9.17) is 0 Å². The molecule has 1 heteroatoms. The van der Waals surface area contributed by atoms with Crippen LogP contribution in [0, 0.1) is 12.3 Å². The maximum absolute atomic E-state index is 4.60. The predicted molar refractivity (Wildman–Crippen MR) is 96.2 cm³/mol. The number of aromatic nitrogens is 1. The molecule has 0 spiro atoms. The van der Waals surface area contributed by atoms with Crippen molar-refractivity contribution < 1.29 is 0 Å². The van der Waals surface area contributed by atoms with E-state index in [1.165, 1.54) is 33.4 Å². The van der Waals surface area contributed by atoms with Gasteiger partial charge in [-0.1, -0.05) is 38.1 Å². The molecule has 0 bridgehead atoms. The molecule has 1 aromatic carbocycles. The highest BCUT2D eigenvalue weighted by Crippen LogP contribution is 2.48. The highest BCUT2D eigenvalue weighted by molar-refractivity contribution is 5.88. The molecule has 1 aromatic heterocycles. The molecule has 0 radical (unpaired) electrons. The lowest BCUT2D eigenvalue weighted by Gasteiger charge is -2.38. The molecule has 1 nitrogen and oxygen atoms in total. The number of hydrogen-bond acceptors (Lipinski definition) is 1. The first-order valence-electron chi connectivity index (χ1n) is 8.50. The van der Waals surface area contributed by atoms with E-state index >= 15 is 0 Å². The predicted octanol–water partition coefficient (Wildman–Crippen LogP) is 5.30. The topological polar surface area (TPSA) is 12.9 Å². The molecule has 2 aliphatic rings. The van der Waals surface area contributed by atoms with Gasteiger partial charge in [0.2, 0.25) is 0 Å². The summed E-state index contributed by atoms with van der Waals surface area (Å²) < 4.78 is 0. The Morgan fingerprint density at radius 1 is 1.00 bits per heavy atom. The summed E-state index contributed by atoms with van der Waals surface area (Å²) >= 11 is 0. The molecule has 4 rings (SSSR count). The average Bonchev–Trinajstić information content (AvgIpc) is 2.46. The molecule has 0 unspecified atom stereocenters. The van der Waals surface area contributed by atoms with Gasteiger partial charge in [-0.15, -0.1) is 0 Å². The molecular weight excluding hydrogens is 278 g/mol. The molecule has 0 N–H and O–H groups in total. The number of nitrogens with zero attached hydrogens (tertiary/aromatic N) is 1. The Labute approximate surface area is 138 Å². The first-order chi connectivity index (χ1) is 11.0. The van der Waals surface area contributed by atoms with Gasteiger partial charge in [0.25, 0.3) is 0 Å². The number of allylic oxidation sites excluding steroid dienone is 4. The summed E-state index contributed by atoms with van der Waals surface area (Å²) in [6.45, 7) is 6.89. The zero-order valence-corrected chi connectivity index (χ0v) is 14.2. The summed E-state index contributed by atoms with van der Waals surface area (Å²) in [7, 11) is 0. The molecule has 0 saturated heterocycles. The van der Waals surface area contributed by atoms with Crippen LogP contribution in [0.15, 0.2) is 59.8 Å². The standard InChI is InChI=1S/C22H23N/c1-15-10-11-23-21(12-15)19-13-20-18(19)9-8-16-6-4-5-7-17(16)14-22(20,2)3/h4-7,10-13H,8-9,14H2,1-3H3. The van der Waals surface area contributed by atoms with E-state index in [0.29, 0.717) is 0 Å². The zero-order valence-electron chi connectivity index (χ0n) is 14.2. The molecule has 1 heterocycles. The van der Waals surface area contributed by atoms with E-state index in [9.17, 15) is 0 Å². The van der Waals surface area contributed by atoms with Crippen LogP contribution in [0.1, 0.15) is 42.7 Å². The van der Waals surface area contributed by atoms with Crippen LogP contribution in [0.2, 0.25) is 0 Å². The SMILES string of the molecule is Cc1ccnc(C2=CC3=C2CCc2ccccc2CC3(C)C)c1. The lowest BCUT2D eigenvalue weighted by Crippen LogP contribution is -2.26. The van der Waals surface area contributed by atoms with Crippen molar-refractivity contribution in [3.05, 3.63) is 82.2 Å². The van der Waals surface area contributed by atoms with Crippen molar-refractivity contribution in [2.75, 3.05) is 0 Å². The van der Waals surface area contributed by atoms with Crippen molar-refractivity contribution in [3.63, 3.8) is 0 Å². The van der Waals surface area contributed by atoms with Gasteiger partial charge < -0.3 is 0 Å². The Bertz CT molecular complexity index is 837. The van der Waals surface area contributed by atoms with Crippen molar-refractivity contribution >= 4 is 5.57 Å². The van der Waals surface area contributed by atoms with Gasteiger partial charge in [-0.2, -0.15) is 0 Å². The fraction of sp³-hybridized carbons (Fsp3) is 0.318. The molecule has 0 amide bonds. The molecule has 0 aliphatic heterocycles. The number of rotatable bonds is 1. The second kappa shape index (κ2) is 5.19. The summed E-state index contributed by atoms with van der Waals surface area (Å²) in [5, 5.41) is 0. The maximum Gasteiger partial charge on any atom is 0.0707 e. The Kier molecular flexibility index (Phi) is 3.26. The van der Waals surface area contributed by atoms with E-state index in [1.54, 1.807) is 0 Å². The largest absolute Gasteiger partial charge is 0.256 e. The molecule has 2 aromatic rings. The average molecular weight is 301 g/mol. The fourth-order valence-corrected chi connectivity index (χ4v) is 3.98. The van der Waals surface area contributed by atoms with E-state index in [0.717, 1.165) is 25.0 Å². The number of aryl methyl sites for hydroxylation is 2. The Balaban J connectivity index is 1.72. The number of pyridine rings is 1. The lowest BCUT2D eigenvalue weighted by atomic mass is 9.66. The molecule has 0 saturated carbocycles. The van der Waals surface area contributed by atoms with Crippen LogP contribution in [0.5, 0.6) is 0 Å². The fourth-order valence-electron chi connectivity index (χ4n) is 3.98. The quantitative estimate of drug-likeness (QED) is 0.696. The normalized spacial score (nSPS) is 19.0. The highest BCUT2D eigenvalue weighted by Gasteiger charge is 2.34. The maximum atomic E-state index is 4.60. The summed E-state index contributed by atoms with van der Waals surface area (Å²) in [5.74, 6) is 0. The van der Waals surface area contributed by atoms with Crippen molar-refractivity contribution in [2.45, 2.75) is 40.0 Å². The minimum absolute atomic E-state index is 0.194. The molecular formula is C22H23N. The third-order valence-corrected chi connectivity index (χ3v) is 5.25. The molecule has 116 valence electrons. The van der Waals surface area contributed by atoms with Gasteiger partial charge in [-0.25, -0.2) is 0 Å². The summed E-state index contributed by atoms with van der Waals surface area (Å²) in [6, 6.07) is 13.2. The Morgan fingerprint density at radius 2 is 1.78 bits per heavy atom. The molecule has 23 heavy (non-hydrogen) atoms. The Morgan fingerprint density at radius 3 is 2.57 bits per heavy atom. The minimum Gasteiger partial charge on any atom is -0.256 e. The first kappa shape index (κ1) is 14.4. The lowest BCUT2D eigenvalue weighted by molar-refractivity contribution is 0.441. The van der Waals surface area contributed by atoms with Gasteiger partial charge >= 0.3 is 0 Å².